The first kappa shape index (κ1) is 8.06. The summed E-state index contributed by atoms with van der Waals surface area (Å²) in [5.74, 6) is 0.717. The van der Waals surface area contributed by atoms with E-state index in [-0.39, 0.29) is 0 Å². The van der Waals surface area contributed by atoms with Crippen LogP contribution in [0.4, 0.5) is 0 Å². The maximum atomic E-state index is 3.40. The molecule has 2 aromatic rings. The van der Waals surface area contributed by atoms with Crippen LogP contribution in [0.5, 0.6) is 0 Å². The highest BCUT2D eigenvalue weighted by Gasteiger charge is 2.16. The summed E-state index contributed by atoms with van der Waals surface area (Å²) in [7, 11) is 0. The Labute approximate surface area is 83.3 Å². The molecule has 0 radical (unpaired) electrons. The van der Waals surface area contributed by atoms with Crippen molar-refractivity contribution in [2.24, 2.45) is 0 Å². The van der Waals surface area contributed by atoms with Gasteiger partial charge in [0, 0.05) is 18.3 Å². The average Bonchev–Trinajstić information content (AvgIpc) is 2.88. The van der Waals surface area contributed by atoms with Crippen molar-refractivity contribution in [3.63, 3.8) is 0 Å². The van der Waals surface area contributed by atoms with Gasteiger partial charge in [0.05, 0.1) is 0 Å². The summed E-state index contributed by atoms with van der Waals surface area (Å²) in [6.45, 7) is 2.30. The molecule has 1 aromatic heterocycles. The summed E-state index contributed by atoms with van der Waals surface area (Å²) in [6.07, 6.45) is 3.28. The summed E-state index contributed by atoms with van der Waals surface area (Å²) < 4.78 is 0. The van der Waals surface area contributed by atoms with Gasteiger partial charge in [-0.25, -0.2) is 0 Å². The Kier molecular flexibility index (Phi) is 1.81. The van der Waals surface area contributed by atoms with Crippen molar-refractivity contribution < 1.29 is 0 Å². The van der Waals surface area contributed by atoms with Gasteiger partial charge >= 0.3 is 0 Å². The summed E-state index contributed by atoms with van der Waals surface area (Å²) in [6, 6.07) is 8.88. The Morgan fingerprint density at radius 2 is 2.21 bits per heavy atom. The summed E-state index contributed by atoms with van der Waals surface area (Å²) in [5, 5.41) is 4.73. The number of benzene rings is 1. The number of aromatic nitrogens is 1. The first-order valence-corrected chi connectivity index (χ1v) is 5.21. The van der Waals surface area contributed by atoms with Crippen LogP contribution < -0.4 is 5.32 Å². The van der Waals surface area contributed by atoms with Crippen LogP contribution in [0, 0.1) is 0 Å². The van der Waals surface area contributed by atoms with Gasteiger partial charge in [-0.3, -0.25) is 0 Å². The van der Waals surface area contributed by atoms with E-state index in [9.17, 15) is 0 Å². The van der Waals surface area contributed by atoms with Crippen LogP contribution >= 0.6 is 0 Å². The number of fused-ring (bicyclic) bond motifs is 1. The first-order valence-electron chi connectivity index (χ1n) is 5.21. The summed E-state index contributed by atoms with van der Waals surface area (Å²) >= 11 is 0. The molecule has 72 valence electrons. The Morgan fingerprint density at radius 1 is 1.21 bits per heavy atom. The minimum Gasteiger partial charge on any atom is -0.361 e. The average molecular weight is 186 g/mol. The molecule has 1 atom stereocenters. The van der Waals surface area contributed by atoms with Gasteiger partial charge in [0.1, 0.15) is 0 Å². The lowest BCUT2D eigenvalue weighted by Gasteiger charge is -2.08. The number of nitrogens with one attached hydrogen (secondary N) is 2. The molecule has 0 saturated carbocycles. The largest absolute Gasteiger partial charge is 0.361 e. The standard InChI is InChI=1S/C12H14N2/c1-2-12-10(4-6-14-12)7-9(1)11-3-5-13-8-11/h1-2,4,6-7,11,13-14H,3,5,8H2/t11-/m1/s1. The zero-order chi connectivity index (χ0) is 9.38. The van der Waals surface area contributed by atoms with Crippen molar-refractivity contribution in [1.82, 2.24) is 10.3 Å². The molecule has 2 heterocycles. The van der Waals surface area contributed by atoms with E-state index in [4.69, 9.17) is 0 Å². The van der Waals surface area contributed by atoms with Gasteiger partial charge in [-0.15, -0.1) is 0 Å². The van der Waals surface area contributed by atoms with Gasteiger partial charge in [-0.1, -0.05) is 6.07 Å². The van der Waals surface area contributed by atoms with Crippen molar-refractivity contribution in [2.45, 2.75) is 12.3 Å². The number of H-pyrrole nitrogens is 1. The topological polar surface area (TPSA) is 27.8 Å². The zero-order valence-corrected chi connectivity index (χ0v) is 8.09. The fraction of sp³-hybridized carbons (Fsp3) is 0.333. The molecule has 1 saturated heterocycles. The van der Waals surface area contributed by atoms with Crippen molar-refractivity contribution in [2.75, 3.05) is 13.1 Å². The zero-order valence-electron chi connectivity index (χ0n) is 8.09. The molecule has 2 nitrogen and oxygen atoms in total. The molecule has 2 heteroatoms. The summed E-state index contributed by atoms with van der Waals surface area (Å²) in [4.78, 5) is 3.22. The highest BCUT2D eigenvalue weighted by molar-refractivity contribution is 5.80. The lowest BCUT2D eigenvalue weighted by Crippen LogP contribution is -2.07. The smallest absolute Gasteiger partial charge is 0.0454 e. The first-order chi connectivity index (χ1) is 6.93. The molecule has 1 aromatic carbocycles. The van der Waals surface area contributed by atoms with Crippen molar-refractivity contribution in [3.8, 4) is 0 Å². The van der Waals surface area contributed by atoms with Crippen LogP contribution in [-0.2, 0) is 0 Å². The predicted octanol–water partition coefficient (Wildman–Crippen LogP) is 2.24. The molecule has 0 unspecified atom stereocenters. The van der Waals surface area contributed by atoms with Crippen LogP contribution in [-0.4, -0.2) is 18.1 Å². The Balaban J connectivity index is 2.04. The van der Waals surface area contributed by atoms with Crippen LogP contribution in [0.3, 0.4) is 0 Å². The van der Waals surface area contributed by atoms with Gasteiger partial charge in [0.25, 0.3) is 0 Å². The minimum absolute atomic E-state index is 0.717. The molecule has 1 aliphatic heterocycles. The monoisotopic (exact) mass is 186 g/mol. The highest BCUT2D eigenvalue weighted by Crippen LogP contribution is 2.25. The van der Waals surface area contributed by atoms with Gasteiger partial charge in [-0.2, -0.15) is 0 Å². The minimum atomic E-state index is 0.717. The maximum Gasteiger partial charge on any atom is 0.0454 e. The molecule has 0 aliphatic carbocycles. The molecule has 1 fully saturated rings. The molecular formula is C12H14N2. The molecule has 3 rings (SSSR count). The van der Waals surface area contributed by atoms with E-state index in [0.717, 1.165) is 13.1 Å². The van der Waals surface area contributed by atoms with E-state index in [0.29, 0.717) is 5.92 Å². The van der Waals surface area contributed by atoms with E-state index in [1.54, 1.807) is 0 Å². The van der Waals surface area contributed by atoms with Crippen LogP contribution in [0.2, 0.25) is 0 Å². The lowest BCUT2D eigenvalue weighted by molar-refractivity contribution is 0.765. The quantitative estimate of drug-likeness (QED) is 0.702. The third-order valence-electron chi connectivity index (χ3n) is 3.11. The molecule has 1 aliphatic rings. The third kappa shape index (κ3) is 1.23. The Hall–Kier alpha value is -1.28. The van der Waals surface area contributed by atoms with Gasteiger partial charge < -0.3 is 10.3 Å². The lowest BCUT2D eigenvalue weighted by atomic mass is 9.97. The fourth-order valence-corrected chi connectivity index (χ4v) is 2.26. The molecule has 0 spiro atoms. The predicted molar refractivity (Wildman–Crippen MR) is 58.5 cm³/mol. The molecule has 0 amide bonds. The molecule has 14 heavy (non-hydrogen) atoms. The van der Waals surface area contributed by atoms with Gasteiger partial charge in [-0.05, 0) is 48.0 Å². The van der Waals surface area contributed by atoms with Crippen molar-refractivity contribution in [1.29, 1.82) is 0 Å². The van der Waals surface area contributed by atoms with Crippen LogP contribution in [0.25, 0.3) is 10.9 Å². The Bertz CT molecular complexity index is 438. The van der Waals surface area contributed by atoms with E-state index in [2.05, 4.69) is 34.6 Å². The second-order valence-corrected chi connectivity index (χ2v) is 4.01. The van der Waals surface area contributed by atoms with Gasteiger partial charge in [0.2, 0.25) is 0 Å². The van der Waals surface area contributed by atoms with Gasteiger partial charge in [0.15, 0.2) is 0 Å². The van der Waals surface area contributed by atoms with E-state index < -0.39 is 0 Å². The number of aromatic amines is 1. The van der Waals surface area contributed by atoms with Crippen LogP contribution in [0.15, 0.2) is 30.5 Å². The highest BCUT2D eigenvalue weighted by atomic mass is 14.9. The van der Waals surface area contributed by atoms with Crippen molar-refractivity contribution >= 4 is 10.9 Å². The number of hydrogen-bond acceptors (Lipinski definition) is 1. The maximum absolute atomic E-state index is 3.40. The SMILES string of the molecule is c1cc2cc([C@@H]3CCNC3)ccc2[nH]1. The van der Waals surface area contributed by atoms with E-state index in [1.807, 2.05) is 6.20 Å². The molecule has 2 N–H and O–H groups in total. The Morgan fingerprint density at radius 3 is 3.07 bits per heavy atom. The third-order valence-corrected chi connectivity index (χ3v) is 3.11. The molecule has 0 bridgehead atoms. The second-order valence-electron chi connectivity index (χ2n) is 4.01. The summed E-state index contributed by atoms with van der Waals surface area (Å²) in [5.41, 5.74) is 2.71. The van der Waals surface area contributed by atoms with E-state index in [1.165, 1.54) is 22.9 Å². The number of hydrogen-bond donors (Lipinski definition) is 2. The van der Waals surface area contributed by atoms with E-state index >= 15 is 0 Å². The normalized spacial score (nSPS) is 21.9. The van der Waals surface area contributed by atoms with Crippen molar-refractivity contribution in [3.05, 3.63) is 36.0 Å². The molecular weight excluding hydrogens is 172 g/mol. The number of rotatable bonds is 1. The fourth-order valence-electron chi connectivity index (χ4n) is 2.26. The second kappa shape index (κ2) is 3.14. The van der Waals surface area contributed by atoms with Crippen LogP contribution in [0.1, 0.15) is 17.9 Å².